The van der Waals surface area contributed by atoms with E-state index in [0.29, 0.717) is 11.3 Å². The molecular formula is C27H43N3O. The summed E-state index contributed by atoms with van der Waals surface area (Å²) in [6, 6.07) is 4.90. The highest BCUT2D eigenvalue weighted by Crippen LogP contribution is 2.48. The number of benzene rings is 1. The van der Waals surface area contributed by atoms with Crippen LogP contribution in [0.25, 0.3) is 0 Å². The van der Waals surface area contributed by atoms with Crippen molar-refractivity contribution >= 4 is 11.4 Å². The van der Waals surface area contributed by atoms with E-state index in [-0.39, 0.29) is 0 Å². The van der Waals surface area contributed by atoms with Gasteiger partial charge in [-0.25, -0.2) is 0 Å². The molecule has 0 amide bonds. The molecule has 2 aliphatic carbocycles. The Morgan fingerprint density at radius 3 is 2.23 bits per heavy atom. The Morgan fingerprint density at radius 1 is 0.871 bits per heavy atom. The Labute approximate surface area is 189 Å². The molecule has 4 nitrogen and oxygen atoms in total. The molecule has 2 heterocycles. The molecule has 2 aliphatic heterocycles. The Balaban J connectivity index is 1.37. The SMILES string of the molecule is CN1CCOc2cc(N3CCN(CC4CC4)CC3)c(C3CCC(C(C)(C)C)CC3)cc21. The molecule has 1 aromatic rings. The number of fused-ring (bicyclic) bond motifs is 1. The van der Waals surface area contributed by atoms with Crippen molar-refractivity contribution < 1.29 is 4.74 Å². The molecule has 1 aromatic carbocycles. The third-order valence-electron chi connectivity index (χ3n) is 8.52. The number of piperazine rings is 1. The van der Waals surface area contributed by atoms with E-state index in [2.05, 4.69) is 54.7 Å². The number of likely N-dealkylation sites (N-methyl/N-ethyl adjacent to an activating group) is 1. The van der Waals surface area contributed by atoms with E-state index in [1.165, 1.54) is 69.5 Å². The lowest BCUT2D eigenvalue weighted by atomic mass is 9.68. The van der Waals surface area contributed by atoms with E-state index in [4.69, 9.17) is 4.74 Å². The third-order valence-corrected chi connectivity index (χ3v) is 8.52. The van der Waals surface area contributed by atoms with Gasteiger partial charge in [-0.05, 0) is 73.3 Å². The van der Waals surface area contributed by atoms with E-state index in [0.717, 1.165) is 43.8 Å². The molecule has 0 radical (unpaired) electrons. The maximum Gasteiger partial charge on any atom is 0.144 e. The third kappa shape index (κ3) is 4.69. The first kappa shape index (κ1) is 21.4. The Morgan fingerprint density at radius 2 is 1.58 bits per heavy atom. The van der Waals surface area contributed by atoms with Gasteiger partial charge in [0.2, 0.25) is 0 Å². The topological polar surface area (TPSA) is 19.0 Å². The average Bonchev–Trinajstić information content (AvgIpc) is 3.57. The highest BCUT2D eigenvalue weighted by Gasteiger charge is 2.33. The van der Waals surface area contributed by atoms with Gasteiger partial charge in [-0.3, -0.25) is 4.90 Å². The minimum absolute atomic E-state index is 0.440. The summed E-state index contributed by atoms with van der Waals surface area (Å²) < 4.78 is 6.13. The monoisotopic (exact) mass is 425 g/mol. The first-order valence-electron chi connectivity index (χ1n) is 12.9. The van der Waals surface area contributed by atoms with Crippen molar-refractivity contribution in [3.63, 3.8) is 0 Å². The minimum Gasteiger partial charge on any atom is -0.489 e. The number of hydrogen-bond acceptors (Lipinski definition) is 4. The van der Waals surface area contributed by atoms with Gasteiger partial charge >= 0.3 is 0 Å². The van der Waals surface area contributed by atoms with Gasteiger partial charge in [-0.1, -0.05) is 20.8 Å². The van der Waals surface area contributed by atoms with E-state index < -0.39 is 0 Å². The van der Waals surface area contributed by atoms with Crippen LogP contribution in [0.3, 0.4) is 0 Å². The predicted octanol–water partition coefficient (Wildman–Crippen LogP) is 5.37. The predicted molar refractivity (Wildman–Crippen MR) is 131 cm³/mol. The standard InChI is InChI=1S/C27H43N3O/c1-27(2,3)22-9-7-21(8-10-22)23-17-25-26(31-16-15-28(25)4)18-24(23)30-13-11-29(12-14-30)19-20-5-6-20/h17-18,20-22H,5-16,19H2,1-4H3. The normalized spacial score (nSPS) is 27.7. The van der Waals surface area contributed by atoms with Crippen LogP contribution in [-0.4, -0.2) is 57.8 Å². The molecule has 4 heteroatoms. The van der Waals surface area contributed by atoms with Crippen LogP contribution in [0.1, 0.15) is 70.8 Å². The lowest BCUT2D eigenvalue weighted by molar-refractivity contribution is 0.169. The van der Waals surface area contributed by atoms with Crippen LogP contribution in [0.2, 0.25) is 0 Å². The van der Waals surface area contributed by atoms with Crippen LogP contribution in [-0.2, 0) is 0 Å². The molecule has 3 fully saturated rings. The van der Waals surface area contributed by atoms with Gasteiger partial charge < -0.3 is 14.5 Å². The van der Waals surface area contributed by atoms with E-state index in [1.807, 2.05) is 0 Å². The van der Waals surface area contributed by atoms with Crippen molar-refractivity contribution in [2.75, 3.05) is 62.7 Å². The van der Waals surface area contributed by atoms with Crippen molar-refractivity contribution in [3.8, 4) is 5.75 Å². The Hall–Kier alpha value is -1.42. The molecule has 0 aromatic heterocycles. The van der Waals surface area contributed by atoms with Crippen LogP contribution >= 0.6 is 0 Å². The van der Waals surface area contributed by atoms with Crippen LogP contribution in [0.15, 0.2) is 12.1 Å². The van der Waals surface area contributed by atoms with Crippen molar-refractivity contribution in [2.45, 2.75) is 65.2 Å². The second-order valence-corrected chi connectivity index (χ2v) is 11.8. The van der Waals surface area contributed by atoms with Crippen molar-refractivity contribution in [1.29, 1.82) is 0 Å². The van der Waals surface area contributed by atoms with Crippen LogP contribution < -0.4 is 14.5 Å². The zero-order valence-electron chi connectivity index (χ0n) is 20.3. The summed E-state index contributed by atoms with van der Waals surface area (Å²) in [7, 11) is 2.22. The molecule has 2 saturated carbocycles. The zero-order chi connectivity index (χ0) is 21.6. The lowest BCUT2D eigenvalue weighted by Crippen LogP contribution is -2.47. The van der Waals surface area contributed by atoms with Gasteiger partial charge in [0.1, 0.15) is 12.4 Å². The van der Waals surface area contributed by atoms with Gasteiger partial charge in [-0.2, -0.15) is 0 Å². The molecule has 0 unspecified atom stereocenters. The van der Waals surface area contributed by atoms with Crippen LogP contribution in [0, 0.1) is 17.3 Å². The maximum atomic E-state index is 6.13. The maximum absolute atomic E-state index is 6.13. The van der Waals surface area contributed by atoms with Crippen LogP contribution in [0.5, 0.6) is 5.75 Å². The average molecular weight is 426 g/mol. The molecule has 0 bridgehead atoms. The van der Waals surface area contributed by atoms with E-state index in [9.17, 15) is 0 Å². The first-order chi connectivity index (χ1) is 14.9. The summed E-state index contributed by atoms with van der Waals surface area (Å²) >= 11 is 0. The van der Waals surface area contributed by atoms with Crippen molar-refractivity contribution in [1.82, 2.24) is 4.90 Å². The number of rotatable bonds is 4. The summed E-state index contributed by atoms with van der Waals surface area (Å²) in [4.78, 5) is 7.76. The van der Waals surface area contributed by atoms with Gasteiger partial charge in [0, 0.05) is 51.5 Å². The van der Waals surface area contributed by atoms with Crippen molar-refractivity contribution in [2.24, 2.45) is 17.3 Å². The molecule has 0 atom stereocenters. The second kappa shape index (κ2) is 8.50. The van der Waals surface area contributed by atoms with Crippen LogP contribution in [0.4, 0.5) is 11.4 Å². The fraction of sp³-hybridized carbons (Fsp3) is 0.778. The number of nitrogens with zero attached hydrogens (tertiary/aromatic N) is 3. The molecular weight excluding hydrogens is 382 g/mol. The smallest absolute Gasteiger partial charge is 0.144 e. The summed E-state index contributed by atoms with van der Waals surface area (Å²) in [6.45, 7) is 15.1. The summed E-state index contributed by atoms with van der Waals surface area (Å²) in [5, 5.41) is 0. The highest BCUT2D eigenvalue weighted by molar-refractivity contribution is 5.71. The number of ether oxygens (including phenoxy) is 1. The van der Waals surface area contributed by atoms with E-state index >= 15 is 0 Å². The Kier molecular flexibility index (Phi) is 5.87. The molecule has 4 aliphatic rings. The van der Waals surface area contributed by atoms with E-state index in [1.54, 1.807) is 5.56 Å². The van der Waals surface area contributed by atoms with Gasteiger partial charge in [0.05, 0.1) is 12.2 Å². The molecule has 172 valence electrons. The van der Waals surface area contributed by atoms with Gasteiger partial charge in [0.25, 0.3) is 0 Å². The number of anilines is 2. The van der Waals surface area contributed by atoms with Gasteiger partial charge in [-0.15, -0.1) is 0 Å². The molecule has 0 N–H and O–H groups in total. The fourth-order valence-electron chi connectivity index (χ4n) is 6.11. The van der Waals surface area contributed by atoms with Gasteiger partial charge in [0.15, 0.2) is 0 Å². The second-order valence-electron chi connectivity index (χ2n) is 11.8. The molecule has 1 saturated heterocycles. The highest BCUT2D eigenvalue weighted by atomic mass is 16.5. The number of hydrogen-bond donors (Lipinski definition) is 0. The molecule has 5 rings (SSSR count). The lowest BCUT2D eigenvalue weighted by Gasteiger charge is -2.41. The Bertz CT molecular complexity index is 765. The quantitative estimate of drug-likeness (QED) is 0.646. The zero-order valence-corrected chi connectivity index (χ0v) is 20.3. The summed E-state index contributed by atoms with van der Waals surface area (Å²) in [5.74, 6) is 3.64. The summed E-state index contributed by atoms with van der Waals surface area (Å²) in [5.41, 5.74) is 4.81. The molecule has 0 spiro atoms. The largest absolute Gasteiger partial charge is 0.489 e. The first-order valence-corrected chi connectivity index (χ1v) is 12.9. The minimum atomic E-state index is 0.440. The summed E-state index contributed by atoms with van der Waals surface area (Å²) in [6.07, 6.45) is 8.31. The fourth-order valence-corrected chi connectivity index (χ4v) is 6.11. The molecule has 31 heavy (non-hydrogen) atoms. The van der Waals surface area contributed by atoms with Crippen molar-refractivity contribution in [3.05, 3.63) is 17.7 Å².